The Labute approximate surface area is 170 Å². The minimum absolute atomic E-state index is 0.139. The molecule has 2 heterocycles. The van der Waals surface area contributed by atoms with Crippen LogP contribution in [0.3, 0.4) is 0 Å². The fraction of sp³-hybridized carbons (Fsp3) is 0.474. The molecule has 0 radical (unpaired) electrons. The third kappa shape index (κ3) is 3.56. The molecule has 1 N–H and O–H groups in total. The van der Waals surface area contributed by atoms with Gasteiger partial charge in [0.25, 0.3) is 5.88 Å². The molecule has 2 aromatic rings. The Balaban J connectivity index is 2.15. The highest BCUT2D eigenvalue weighted by atomic mass is 32.2. The highest BCUT2D eigenvalue weighted by Crippen LogP contribution is 2.38. The van der Waals surface area contributed by atoms with Crippen LogP contribution in [0.1, 0.15) is 11.3 Å². The number of likely N-dealkylation sites (N-methyl/N-ethyl adjacent to an activating group) is 1. The Kier molecular flexibility index (Phi) is 5.79. The van der Waals surface area contributed by atoms with Crippen LogP contribution >= 0.6 is 0 Å². The lowest BCUT2D eigenvalue weighted by atomic mass is 9.89. The summed E-state index contributed by atoms with van der Waals surface area (Å²) in [6.45, 7) is 1.96. The van der Waals surface area contributed by atoms with E-state index in [0.717, 1.165) is 5.56 Å². The monoisotopic (exact) mass is 423 g/mol. The molecular weight excluding hydrogens is 397 g/mol. The molecule has 3 rings (SSSR count). The Bertz CT molecular complexity index is 987. The third-order valence-electron chi connectivity index (χ3n) is 5.43. The van der Waals surface area contributed by atoms with Crippen molar-refractivity contribution in [3.8, 4) is 5.88 Å². The lowest BCUT2D eigenvalue weighted by Crippen LogP contribution is -2.55. The number of halogens is 1. The fourth-order valence-corrected chi connectivity index (χ4v) is 5.49. The lowest BCUT2D eigenvalue weighted by Gasteiger charge is -2.35. The topological polar surface area (TPSA) is 87.7 Å². The van der Waals surface area contributed by atoms with Gasteiger partial charge in [0.05, 0.1) is 18.3 Å². The molecule has 158 valence electrons. The van der Waals surface area contributed by atoms with Gasteiger partial charge in [-0.3, -0.25) is 0 Å². The van der Waals surface area contributed by atoms with Crippen LogP contribution in [-0.4, -0.2) is 69.3 Å². The molecule has 1 saturated heterocycles. The second-order valence-corrected chi connectivity index (χ2v) is 9.55. The number of methoxy groups -OCH3 is 1. The third-order valence-corrected chi connectivity index (χ3v) is 7.72. The van der Waals surface area contributed by atoms with Gasteiger partial charge >= 0.3 is 0 Å². The van der Waals surface area contributed by atoms with E-state index in [-0.39, 0.29) is 24.1 Å². The van der Waals surface area contributed by atoms with Gasteiger partial charge in [0.1, 0.15) is 5.25 Å². The SMILES string of the molecule is CN[C@]1(c2ccccc2)CN(c2nc(C)c(F)c(OC)n2)CC1S(=O)(=O)N(C)C. The van der Waals surface area contributed by atoms with E-state index in [1.165, 1.54) is 32.4 Å². The van der Waals surface area contributed by atoms with Crippen LogP contribution in [0.5, 0.6) is 5.88 Å². The van der Waals surface area contributed by atoms with Crippen molar-refractivity contribution in [2.45, 2.75) is 17.7 Å². The summed E-state index contributed by atoms with van der Waals surface area (Å²) in [7, 11) is 2.46. The van der Waals surface area contributed by atoms with Gasteiger partial charge in [-0.15, -0.1) is 0 Å². The lowest BCUT2D eigenvalue weighted by molar-refractivity contribution is 0.364. The number of ether oxygens (including phenoxy) is 1. The Morgan fingerprint density at radius 1 is 1.28 bits per heavy atom. The summed E-state index contributed by atoms with van der Waals surface area (Å²) < 4.78 is 46.9. The highest BCUT2D eigenvalue weighted by molar-refractivity contribution is 7.89. The number of anilines is 1. The summed E-state index contributed by atoms with van der Waals surface area (Å²) in [6, 6.07) is 9.42. The second-order valence-electron chi connectivity index (χ2n) is 7.22. The Morgan fingerprint density at radius 2 is 1.93 bits per heavy atom. The molecule has 29 heavy (non-hydrogen) atoms. The Hall–Kier alpha value is -2.30. The summed E-state index contributed by atoms with van der Waals surface area (Å²) in [4.78, 5) is 10.2. The van der Waals surface area contributed by atoms with E-state index in [1.54, 1.807) is 11.9 Å². The maximum atomic E-state index is 14.1. The molecule has 0 aliphatic carbocycles. The molecule has 1 fully saturated rings. The fourth-order valence-electron chi connectivity index (χ4n) is 3.77. The molecule has 0 bridgehead atoms. The van der Waals surface area contributed by atoms with Crippen LogP contribution in [0.2, 0.25) is 0 Å². The maximum absolute atomic E-state index is 14.1. The molecule has 1 aromatic heterocycles. The number of aromatic nitrogens is 2. The molecule has 2 atom stereocenters. The summed E-state index contributed by atoms with van der Waals surface area (Å²) in [5, 5.41) is 2.44. The molecule has 0 saturated carbocycles. The summed E-state index contributed by atoms with van der Waals surface area (Å²) in [5.41, 5.74) is 0.0789. The van der Waals surface area contributed by atoms with Gasteiger partial charge in [-0.1, -0.05) is 30.3 Å². The standard InChI is InChI=1S/C19H26FN5O3S/c1-13-16(20)17(28-5)23-18(22-13)25-11-15(29(26,27)24(3)4)19(12-25,21-2)14-9-7-6-8-10-14/h6-10,15,21H,11-12H2,1-5H3/t15?,19-/m0/s1. The second kappa shape index (κ2) is 7.85. The van der Waals surface area contributed by atoms with Gasteiger partial charge in [-0.2, -0.15) is 9.37 Å². The zero-order chi connectivity index (χ0) is 21.4. The maximum Gasteiger partial charge on any atom is 0.255 e. The molecule has 1 aliphatic rings. The zero-order valence-electron chi connectivity index (χ0n) is 17.2. The van der Waals surface area contributed by atoms with Gasteiger partial charge < -0.3 is 15.0 Å². The van der Waals surface area contributed by atoms with Crippen LogP contribution in [0.25, 0.3) is 0 Å². The average molecular weight is 424 g/mol. The quantitative estimate of drug-likeness (QED) is 0.745. The van der Waals surface area contributed by atoms with E-state index < -0.39 is 26.6 Å². The van der Waals surface area contributed by atoms with E-state index in [1.807, 2.05) is 30.3 Å². The molecular formula is C19H26FN5O3S. The van der Waals surface area contributed by atoms with E-state index in [9.17, 15) is 12.8 Å². The summed E-state index contributed by atoms with van der Waals surface area (Å²) >= 11 is 0. The number of hydrogen-bond donors (Lipinski definition) is 1. The van der Waals surface area contributed by atoms with Gasteiger partial charge in [-0.25, -0.2) is 17.7 Å². The molecule has 10 heteroatoms. The summed E-state index contributed by atoms with van der Waals surface area (Å²) in [6.07, 6.45) is 0. The van der Waals surface area contributed by atoms with Crippen molar-refractivity contribution in [1.29, 1.82) is 0 Å². The number of aryl methyl sites for hydroxylation is 1. The van der Waals surface area contributed by atoms with Crippen molar-refractivity contribution in [3.05, 3.63) is 47.4 Å². The average Bonchev–Trinajstić information content (AvgIpc) is 3.12. The van der Waals surface area contributed by atoms with E-state index in [2.05, 4.69) is 15.3 Å². The van der Waals surface area contributed by atoms with Crippen molar-refractivity contribution in [3.63, 3.8) is 0 Å². The van der Waals surface area contributed by atoms with Crippen molar-refractivity contribution in [1.82, 2.24) is 19.6 Å². The number of benzene rings is 1. The van der Waals surface area contributed by atoms with Crippen LogP contribution in [0.4, 0.5) is 10.3 Å². The first kappa shape index (κ1) is 21.4. The van der Waals surface area contributed by atoms with E-state index in [4.69, 9.17) is 4.74 Å². The van der Waals surface area contributed by atoms with Crippen LogP contribution in [0.15, 0.2) is 30.3 Å². The van der Waals surface area contributed by atoms with Crippen molar-refractivity contribution >= 4 is 16.0 Å². The first-order chi connectivity index (χ1) is 13.7. The van der Waals surface area contributed by atoms with Crippen LogP contribution in [-0.2, 0) is 15.6 Å². The van der Waals surface area contributed by atoms with Crippen LogP contribution < -0.4 is 15.0 Å². The number of sulfonamides is 1. The van der Waals surface area contributed by atoms with Gasteiger partial charge in [0, 0.05) is 27.2 Å². The zero-order valence-corrected chi connectivity index (χ0v) is 18.0. The molecule has 0 spiro atoms. The molecule has 8 nitrogen and oxygen atoms in total. The first-order valence-electron chi connectivity index (χ1n) is 9.16. The number of nitrogens with zero attached hydrogens (tertiary/aromatic N) is 4. The highest BCUT2D eigenvalue weighted by Gasteiger charge is 2.54. The van der Waals surface area contributed by atoms with Gasteiger partial charge in [0.15, 0.2) is 0 Å². The molecule has 1 unspecified atom stereocenters. The largest absolute Gasteiger partial charge is 0.479 e. The van der Waals surface area contributed by atoms with Crippen molar-refractivity contribution in [2.24, 2.45) is 0 Å². The number of hydrogen-bond acceptors (Lipinski definition) is 7. The minimum atomic E-state index is -3.65. The number of rotatable bonds is 6. The normalized spacial score (nSPS) is 22.3. The molecule has 0 amide bonds. The van der Waals surface area contributed by atoms with Crippen LogP contribution in [0, 0.1) is 12.7 Å². The first-order valence-corrected chi connectivity index (χ1v) is 10.7. The molecule has 1 aliphatic heterocycles. The van der Waals surface area contributed by atoms with E-state index in [0.29, 0.717) is 6.54 Å². The Morgan fingerprint density at radius 3 is 2.48 bits per heavy atom. The van der Waals surface area contributed by atoms with Gasteiger partial charge in [-0.05, 0) is 19.5 Å². The van der Waals surface area contributed by atoms with Crippen molar-refractivity contribution < 1.29 is 17.5 Å². The predicted molar refractivity (Wildman–Crippen MR) is 109 cm³/mol. The smallest absolute Gasteiger partial charge is 0.255 e. The predicted octanol–water partition coefficient (Wildman–Crippen LogP) is 1.13. The van der Waals surface area contributed by atoms with Crippen molar-refractivity contribution in [2.75, 3.05) is 46.2 Å². The summed E-state index contributed by atoms with van der Waals surface area (Å²) in [5.74, 6) is -0.565. The van der Waals surface area contributed by atoms with Gasteiger partial charge in [0.2, 0.25) is 21.8 Å². The molecule has 1 aromatic carbocycles. The number of nitrogens with one attached hydrogen (secondary N) is 1. The minimum Gasteiger partial charge on any atom is -0.479 e. The van der Waals surface area contributed by atoms with E-state index >= 15 is 0 Å².